The molecule has 0 bridgehead atoms. The summed E-state index contributed by atoms with van der Waals surface area (Å²) >= 11 is 0. The lowest BCUT2D eigenvalue weighted by molar-refractivity contribution is 0.0159. The Labute approximate surface area is 109 Å². The number of aliphatic hydroxyl groups is 1. The number of hydrogen-bond acceptors (Lipinski definition) is 3. The lowest BCUT2D eigenvalue weighted by atomic mass is 9.76. The molecule has 3 nitrogen and oxygen atoms in total. The van der Waals surface area contributed by atoms with Gasteiger partial charge in [0.25, 0.3) is 0 Å². The van der Waals surface area contributed by atoms with Crippen molar-refractivity contribution in [1.82, 2.24) is 0 Å². The molecule has 1 aliphatic rings. The molecule has 0 amide bonds. The fourth-order valence-corrected chi connectivity index (χ4v) is 2.55. The summed E-state index contributed by atoms with van der Waals surface area (Å²) < 4.78 is 10.5. The van der Waals surface area contributed by atoms with Crippen LogP contribution in [-0.4, -0.2) is 19.3 Å². The fourth-order valence-electron chi connectivity index (χ4n) is 2.55. The molecule has 18 heavy (non-hydrogen) atoms. The third-order valence-corrected chi connectivity index (χ3v) is 3.92. The molecule has 1 aromatic rings. The van der Waals surface area contributed by atoms with Gasteiger partial charge in [-0.2, -0.15) is 0 Å². The normalized spacial score (nSPS) is 18.9. The van der Waals surface area contributed by atoms with Crippen LogP contribution in [0.2, 0.25) is 0 Å². The molecule has 1 aromatic carbocycles. The first-order valence-electron chi connectivity index (χ1n) is 6.51. The van der Waals surface area contributed by atoms with Gasteiger partial charge in [0.1, 0.15) is 0 Å². The maximum Gasteiger partial charge on any atom is 0.161 e. The van der Waals surface area contributed by atoms with E-state index in [0.29, 0.717) is 17.4 Å². The van der Waals surface area contributed by atoms with Crippen molar-refractivity contribution in [3.05, 3.63) is 23.8 Å². The van der Waals surface area contributed by atoms with E-state index in [-0.39, 0.29) is 0 Å². The first kappa shape index (κ1) is 13.2. The Hall–Kier alpha value is -1.22. The lowest BCUT2D eigenvalue weighted by Gasteiger charge is -2.34. The molecule has 1 saturated carbocycles. The molecule has 100 valence electrons. The van der Waals surface area contributed by atoms with Crippen molar-refractivity contribution in [3.63, 3.8) is 0 Å². The van der Waals surface area contributed by atoms with Crippen LogP contribution < -0.4 is 9.47 Å². The van der Waals surface area contributed by atoms with Gasteiger partial charge in [-0.05, 0) is 37.0 Å². The number of benzene rings is 1. The van der Waals surface area contributed by atoms with Crippen molar-refractivity contribution in [1.29, 1.82) is 0 Å². The zero-order valence-electron chi connectivity index (χ0n) is 11.4. The van der Waals surface area contributed by atoms with Crippen molar-refractivity contribution in [2.45, 2.75) is 38.2 Å². The Morgan fingerprint density at radius 3 is 2.39 bits per heavy atom. The van der Waals surface area contributed by atoms with Crippen molar-refractivity contribution in [3.8, 4) is 11.5 Å². The summed E-state index contributed by atoms with van der Waals surface area (Å²) in [6.07, 6.45) is 4.60. The molecule has 1 unspecified atom stereocenters. The van der Waals surface area contributed by atoms with E-state index in [9.17, 15) is 5.11 Å². The van der Waals surface area contributed by atoms with E-state index in [4.69, 9.17) is 9.47 Å². The molecular formula is C15H22O3. The van der Waals surface area contributed by atoms with Gasteiger partial charge in [0, 0.05) is 0 Å². The van der Waals surface area contributed by atoms with Gasteiger partial charge in [0.05, 0.1) is 19.8 Å². The highest BCUT2D eigenvalue weighted by Crippen LogP contribution is 2.40. The Bertz CT molecular complexity index is 408. The summed E-state index contributed by atoms with van der Waals surface area (Å²) in [5, 5.41) is 10.6. The maximum absolute atomic E-state index is 10.6. The minimum absolute atomic E-state index is 0.660. The van der Waals surface area contributed by atoms with E-state index in [1.165, 1.54) is 19.3 Å². The van der Waals surface area contributed by atoms with Crippen LogP contribution >= 0.6 is 0 Å². The second-order valence-electron chi connectivity index (χ2n) is 5.34. The quantitative estimate of drug-likeness (QED) is 0.872. The summed E-state index contributed by atoms with van der Waals surface area (Å²) in [5.41, 5.74) is 0.108. The Balaban J connectivity index is 2.20. The average molecular weight is 250 g/mol. The zero-order valence-corrected chi connectivity index (χ0v) is 11.4. The van der Waals surface area contributed by atoms with E-state index < -0.39 is 5.60 Å². The largest absolute Gasteiger partial charge is 0.493 e. The van der Waals surface area contributed by atoms with Crippen LogP contribution in [0.1, 0.15) is 38.2 Å². The standard InChI is InChI=1S/C15H22O3/c1-15(16,10-11-5-4-6-11)12-7-8-13(17-2)14(9-12)18-3/h7-9,11,16H,4-6,10H2,1-3H3. The molecule has 1 fully saturated rings. The van der Waals surface area contributed by atoms with Crippen molar-refractivity contribution in [2.75, 3.05) is 14.2 Å². The third kappa shape index (κ3) is 2.61. The predicted octanol–water partition coefficient (Wildman–Crippen LogP) is 3.10. The van der Waals surface area contributed by atoms with Crippen LogP contribution in [-0.2, 0) is 5.60 Å². The van der Waals surface area contributed by atoms with Gasteiger partial charge in [0.15, 0.2) is 11.5 Å². The second kappa shape index (κ2) is 5.19. The second-order valence-corrected chi connectivity index (χ2v) is 5.34. The molecular weight excluding hydrogens is 228 g/mol. The van der Waals surface area contributed by atoms with Gasteiger partial charge >= 0.3 is 0 Å². The van der Waals surface area contributed by atoms with Gasteiger partial charge in [0.2, 0.25) is 0 Å². The number of hydrogen-bond donors (Lipinski definition) is 1. The Morgan fingerprint density at radius 2 is 1.89 bits per heavy atom. The molecule has 1 atom stereocenters. The van der Waals surface area contributed by atoms with Gasteiger partial charge in [-0.1, -0.05) is 25.3 Å². The minimum Gasteiger partial charge on any atom is -0.493 e. The molecule has 0 aromatic heterocycles. The Kier molecular flexibility index (Phi) is 3.81. The topological polar surface area (TPSA) is 38.7 Å². The number of methoxy groups -OCH3 is 2. The van der Waals surface area contributed by atoms with Crippen LogP contribution in [0, 0.1) is 5.92 Å². The van der Waals surface area contributed by atoms with Crippen LogP contribution in [0.3, 0.4) is 0 Å². The molecule has 3 heteroatoms. The maximum atomic E-state index is 10.6. The van der Waals surface area contributed by atoms with Crippen molar-refractivity contribution in [2.24, 2.45) is 5.92 Å². The van der Waals surface area contributed by atoms with Crippen molar-refractivity contribution >= 4 is 0 Å². The predicted molar refractivity (Wildman–Crippen MR) is 71.1 cm³/mol. The molecule has 0 radical (unpaired) electrons. The summed E-state index contributed by atoms with van der Waals surface area (Å²) in [6.45, 7) is 1.88. The van der Waals surface area contributed by atoms with Gasteiger partial charge < -0.3 is 14.6 Å². The summed E-state index contributed by atoms with van der Waals surface area (Å²) in [4.78, 5) is 0. The van der Waals surface area contributed by atoms with E-state index in [2.05, 4.69) is 0 Å². The molecule has 0 aliphatic heterocycles. The highest BCUT2D eigenvalue weighted by Gasteiger charge is 2.31. The zero-order chi connectivity index (χ0) is 13.2. The van der Waals surface area contributed by atoms with Gasteiger partial charge in [-0.15, -0.1) is 0 Å². The number of ether oxygens (including phenoxy) is 2. The fraction of sp³-hybridized carbons (Fsp3) is 0.600. The van der Waals surface area contributed by atoms with Crippen LogP contribution in [0.4, 0.5) is 0 Å². The Morgan fingerprint density at radius 1 is 1.22 bits per heavy atom. The molecule has 2 rings (SSSR count). The van der Waals surface area contributed by atoms with E-state index in [1.807, 2.05) is 25.1 Å². The minimum atomic E-state index is -0.787. The molecule has 1 N–H and O–H groups in total. The lowest BCUT2D eigenvalue weighted by Crippen LogP contribution is -2.28. The average Bonchev–Trinajstić information content (AvgIpc) is 2.33. The van der Waals surface area contributed by atoms with Gasteiger partial charge in [-0.25, -0.2) is 0 Å². The van der Waals surface area contributed by atoms with E-state index in [0.717, 1.165) is 12.0 Å². The molecule has 1 aliphatic carbocycles. The SMILES string of the molecule is COc1ccc(C(C)(O)CC2CCC2)cc1OC. The van der Waals surface area contributed by atoms with Crippen molar-refractivity contribution < 1.29 is 14.6 Å². The van der Waals surface area contributed by atoms with Gasteiger partial charge in [-0.3, -0.25) is 0 Å². The summed E-state index contributed by atoms with van der Waals surface area (Å²) in [6, 6.07) is 5.64. The first-order valence-corrected chi connectivity index (χ1v) is 6.51. The van der Waals surface area contributed by atoms with Crippen LogP contribution in [0.15, 0.2) is 18.2 Å². The molecule has 0 spiro atoms. The van der Waals surface area contributed by atoms with Crippen LogP contribution in [0.25, 0.3) is 0 Å². The van der Waals surface area contributed by atoms with E-state index in [1.54, 1.807) is 14.2 Å². The first-order chi connectivity index (χ1) is 8.56. The van der Waals surface area contributed by atoms with Crippen LogP contribution in [0.5, 0.6) is 11.5 Å². The third-order valence-electron chi connectivity index (χ3n) is 3.92. The highest BCUT2D eigenvalue weighted by atomic mass is 16.5. The summed E-state index contributed by atoms with van der Waals surface area (Å²) in [7, 11) is 3.23. The number of rotatable bonds is 5. The highest BCUT2D eigenvalue weighted by molar-refractivity contribution is 5.44. The molecule has 0 saturated heterocycles. The molecule has 0 heterocycles. The smallest absolute Gasteiger partial charge is 0.161 e. The monoisotopic (exact) mass is 250 g/mol. The summed E-state index contributed by atoms with van der Waals surface area (Å²) in [5.74, 6) is 2.03. The van der Waals surface area contributed by atoms with E-state index >= 15 is 0 Å².